The zero-order valence-corrected chi connectivity index (χ0v) is 21.7. The highest BCUT2D eigenvalue weighted by molar-refractivity contribution is 7.15. The molecule has 0 bridgehead atoms. The van der Waals surface area contributed by atoms with Crippen LogP contribution >= 0.6 is 22.9 Å². The highest BCUT2D eigenvalue weighted by Crippen LogP contribution is 2.48. The Morgan fingerprint density at radius 1 is 1.22 bits per heavy atom. The molecular formula is C27H24ClN5O3S. The largest absolute Gasteiger partial charge is 0.483 e. The molecule has 1 saturated carbocycles. The van der Waals surface area contributed by atoms with Gasteiger partial charge in [0.2, 0.25) is 5.82 Å². The zero-order valence-electron chi connectivity index (χ0n) is 20.1. The van der Waals surface area contributed by atoms with Gasteiger partial charge in [0.15, 0.2) is 6.54 Å². The molecule has 37 heavy (non-hydrogen) atoms. The maximum absolute atomic E-state index is 10.9. The van der Waals surface area contributed by atoms with Crippen LogP contribution in [0.2, 0.25) is 5.02 Å². The number of benzene rings is 2. The smallest absolute Gasteiger partial charge is 0.327 e. The molecule has 0 atom stereocenters. The molecule has 6 rings (SSSR count). The molecule has 188 valence electrons. The molecule has 2 aliphatic rings. The fourth-order valence-corrected chi connectivity index (χ4v) is 6.37. The molecule has 0 radical (unpaired) electrons. The molecule has 4 aromatic rings. The lowest BCUT2D eigenvalue weighted by atomic mass is 9.75. The highest BCUT2D eigenvalue weighted by atomic mass is 35.5. The number of para-hydroxylation sites is 1. The maximum atomic E-state index is 10.9. The Morgan fingerprint density at radius 2 is 2.03 bits per heavy atom. The first-order valence-electron chi connectivity index (χ1n) is 12.1. The number of hydrogen-bond acceptors (Lipinski definition) is 7. The number of tetrazole rings is 1. The van der Waals surface area contributed by atoms with E-state index in [1.807, 2.05) is 30.3 Å². The maximum Gasteiger partial charge on any atom is 0.327 e. The summed E-state index contributed by atoms with van der Waals surface area (Å²) in [5, 5.41) is 22.7. The molecular weight excluding hydrogens is 510 g/mol. The lowest BCUT2D eigenvalue weighted by Crippen LogP contribution is -2.40. The number of thiazole rings is 1. The quantitative estimate of drug-likeness (QED) is 0.347. The van der Waals surface area contributed by atoms with Gasteiger partial charge in [-0.15, -0.1) is 21.5 Å². The van der Waals surface area contributed by atoms with Crippen LogP contribution in [0.4, 0.5) is 0 Å². The third kappa shape index (κ3) is 4.65. The fourth-order valence-electron chi connectivity index (χ4n) is 5.18. The van der Waals surface area contributed by atoms with Gasteiger partial charge in [-0.05, 0) is 78.8 Å². The first kappa shape index (κ1) is 23.8. The number of rotatable bonds is 5. The number of carboxylic acids is 1. The van der Waals surface area contributed by atoms with Gasteiger partial charge in [-0.25, -0.2) is 4.98 Å². The minimum Gasteiger partial charge on any atom is -0.483 e. The Labute approximate surface area is 222 Å². The van der Waals surface area contributed by atoms with Crippen LogP contribution in [0.1, 0.15) is 53.3 Å². The van der Waals surface area contributed by atoms with Crippen molar-refractivity contribution in [3.8, 4) is 16.5 Å². The van der Waals surface area contributed by atoms with Crippen molar-refractivity contribution in [1.29, 1.82) is 0 Å². The Morgan fingerprint density at radius 3 is 2.84 bits per heavy atom. The number of halogens is 1. The van der Waals surface area contributed by atoms with Crippen LogP contribution < -0.4 is 4.74 Å². The second-order valence-electron chi connectivity index (χ2n) is 9.55. The second kappa shape index (κ2) is 9.39. The van der Waals surface area contributed by atoms with Crippen molar-refractivity contribution in [2.45, 2.75) is 50.7 Å². The first-order chi connectivity index (χ1) is 17.9. The Kier molecular flexibility index (Phi) is 6.04. The Hall–Kier alpha value is -3.56. The normalized spacial score (nSPS) is 20.8. The van der Waals surface area contributed by atoms with Crippen LogP contribution in [0.3, 0.4) is 0 Å². The fraction of sp³-hybridized carbons (Fsp3) is 0.296. The molecule has 3 heterocycles. The van der Waals surface area contributed by atoms with Crippen molar-refractivity contribution in [3.63, 3.8) is 0 Å². The van der Waals surface area contributed by atoms with Crippen LogP contribution in [0, 0.1) is 6.92 Å². The van der Waals surface area contributed by atoms with Gasteiger partial charge in [0, 0.05) is 22.7 Å². The number of hydrogen-bond donors (Lipinski definition) is 1. The lowest BCUT2D eigenvalue weighted by Gasteiger charge is -2.41. The van der Waals surface area contributed by atoms with Gasteiger partial charge < -0.3 is 9.84 Å². The van der Waals surface area contributed by atoms with E-state index < -0.39 is 5.97 Å². The second-order valence-corrected chi connectivity index (χ2v) is 11.1. The predicted octanol–water partition coefficient (Wildman–Crippen LogP) is 5.76. The number of aliphatic carboxylic acids is 1. The molecule has 8 nitrogen and oxygen atoms in total. The summed E-state index contributed by atoms with van der Waals surface area (Å²) in [6, 6.07) is 14.3. The summed E-state index contributed by atoms with van der Waals surface area (Å²) in [5.41, 5.74) is 4.20. The van der Waals surface area contributed by atoms with Crippen molar-refractivity contribution in [3.05, 3.63) is 81.5 Å². The van der Waals surface area contributed by atoms with Crippen molar-refractivity contribution in [2.75, 3.05) is 0 Å². The molecule has 1 fully saturated rings. The van der Waals surface area contributed by atoms with E-state index in [4.69, 9.17) is 21.4 Å². The van der Waals surface area contributed by atoms with Gasteiger partial charge in [-0.3, -0.25) is 4.79 Å². The summed E-state index contributed by atoms with van der Waals surface area (Å²) in [6.45, 7) is 1.79. The van der Waals surface area contributed by atoms with E-state index in [1.54, 1.807) is 17.5 Å². The van der Waals surface area contributed by atoms with E-state index in [0.29, 0.717) is 11.7 Å². The Balaban J connectivity index is 1.24. The molecule has 1 spiro atoms. The number of carboxylic acid groups (broad SMARTS) is 1. The average molecular weight is 534 g/mol. The third-order valence-corrected chi connectivity index (χ3v) is 8.43. The van der Waals surface area contributed by atoms with E-state index in [1.165, 1.54) is 11.1 Å². The molecule has 2 aromatic heterocycles. The van der Waals surface area contributed by atoms with E-state index in [-0.39, 0.29) is 12.1 Å². The van der Waals surface area contributed by atoms with Crippen LogP contribution in [0.5, 0.6) is 5.75 Å². The molecule has 1 aliphatic heterocycles. The van der Waals surface area contributed by atoms with Gasteiger partial charge in [0.1, 0.15) is 11.4 Å². The molecule has 2 aromatic carbocycles. The van der Waals surface area contributed by atoms with E-state index in [0.717, 1.165) is 62.3 Å². The van der Waals surface area contributed by atoms with Gasteiger partial charge in [0.25, 0.3) is 0 Å². The topological polar surface area (TPSA) is 103 Å². The average Bonchev–Trinajstić information content (AvgIpc) is 3.55. The summed E-state index contributed by atoms with van der Waals surface area (Å²) < 4.78 is 6.67. The lowest BCUT2D eigenvalue weighted by molar-refractivity contribution is -0.138. The van der Waals surface area contributed by atoms with Crippen molar-refractivity contribution in [1.82, 2.24) is 25.2 Å². The van der Waals surface area contributed by atoms with Crippen LogP contribution in [-0.4, -0.2) is 41.9 Å². The molecule has 0 unspecified atom stereocenters. The minimum atomic E-state index is -1.01. The highest BCUT2D eigenvalue weighted by Gasteiger charge is 2.40. The number of carbonyl (C=O) groups is 1. The standard InChI is InChI=1S/C27H24ClN5O3S/c1-16-6-7-18(28)12-20(16)21-13-27(36-22-5-3-2-4-19(21)22)10-8-17(9-11-27)26-29-14-23(37-26)25-30-32-33(31-25)15-24(34)35/h2-7,12-14,17H,8-11,15H2,1H3,(H,34,35). The summed E-state index contributed by atoms with van der Waals surface area (Å²) in [5.74, 6) is 0.600. The number of aryl methyl sites for hydroxylation is 1. The number of nitrogens with zero attached hydrogens (tertiary/aromatic N) is 5. The van der Waals surface area contributed by atoms with Crippen molar-refractivity contribution in [2.24, 2.45) is 0 Å². The SMILES string of the molecule is Cc1ccc(Cl)cc1C1=CC2(CCC(c3ncc(-c4nnn(CC(=O)O)n4)s3)CC2)Oc2ccccc21. The number of aromatic nitrogens is 5. The van der Waals surface area contributed by atoms with E-state index in [2.05, 4.69) is 45.5 Å². The summed E-state index contributed by atoms with van der Waals surface area (Å²) in [4.78, 5) is 17.4. The summed E-state index contributed by atoms with van der Waals surface area (Å²) in [6.07, 6.45) is 7.68. The minimum absolute atomic E-state index is 0.309. The van der Waals surface area contributed by atoms with Crippen LogP contribution in [0.25, 0.3) is 16.3 Å². The summed E-state index contributed by atoms with van der Waals surface area (Å²) in [7, 11) is 0. The van der Waals surface area contributed by atoms with Gasteiger partial charge in [0.05, 0.1) is 9.88 Å². The molecule has 0 saturated heterocycles. The van der Waals surface area contributed by atoms with Crippen molar-refractivity contribution >= 4 is 34.5 Å². The molecule has 1 aliphatic carbocycles. The van der Waals surface area contributed by atoms with Crippen LogP contribution in [-0.2, 0) is 11.3 Å². The van der Waals surface area contributed by atoms with E-state index in [9.17, 15) is 4.79 Å². The molecule has 1 N–H and O–H groups in total. The predicted molar refractivity (Wildman–Crippen MR) is 141 cm³/mol. The van der Waals surface area contributed by atoms with Gasteiger partial charge >= 0.3 is 5.97 Å². The zero-order chi connectivity index (χ0) is 25.6. The number of fused-ring (bicyclic) bond motifs is 1. The van der Waals surface area contributed by atoms with Crippen molar-refractivity contribution < 1.29 is 14.6 Å². The monoisotopic (exact) mass is 533 g/mol. The van der Waals surface area contributed by atoms with Gasteiger partial charge in [-0.1, -0.05) is 35.9 Å². The van der Waals surface area contributed by atoms with Crippen LogP contribution in [0.15, 0.2) is 54.7 Å². The molecule has 0 amide bonds. The first-order valence-corrected chi connectivity index (χ1v) is 13.3. The number of ether oxygens (including phenoxy) is 1. The molecule has 10 heteroatoms. The third-order valence-electron chi connectivity index (χ3n) is 7.04. The van der Waals surface area contributed by atoms with Gasteiger partial charge in [-0.2, -0.15) is 4.80 Å². The Bertz CT molecular complexity index is 1520. The van der Waals surface area contributed by atoms with E-state index >= 15 is 0 Å². The summed E-state index contributed by atoms with van der Waals surface area (Å²) >= 11 is 7.93.